The molecule has 178 valence electrons. The molecule has 5 nitrogen and oxygen atoms in total. The molecule has 0 radical (unpaired) electrons. The zero-order chi connectivity index (χ0) is 24.1. The maximum absolute atomic E-state index is 11.2. The van der Waals surface area contributed by atoms with E-state index in [1.54, 1.807) is 6.08 Å². The highest BCUT2D eigenvalue weighted by molar-refractivity contribution is 6.99. The summed E-state index contributed by atoms with van der Waals surface area (Å²) in [4.78, 5) is 11.2. The third-order valence-corrected chi connectivity index (χ3v) is 11.3. The lowest BCUT2D eigenvalue weighted by atomic mass is 10.1. The van der Waals surface area contributed by atoms with Gasteiger partial charge in [0.2, 0.25) is 0 Å². The van der Waals surface area contributed by atoms with Crippen molar-refractivity contribution in [2.75, 3.05) is 7.11 Å². The minimum atomic E-state index is -2.65. The van der Waals surface area contributed by atoms with Crippen LogP contribution in [0.3, 0.4) is 0 Å². The van der Waals surface area contributed by atoms with Gasteiger partial charge in [0.05, 0.1) is 19.3 Å². The Labute approximate surface area is 198 Å². The van der Waals surface area contributed by atoms with Gasteiger partial charge in [-0.25, -0.2) is 4.79 Å². The van der Waals surface area contributed by atoms with Crippen LogP contribution in [0.1, 0.15) is 40.5 Å². The molecule has 4 atom stereocenters. The van der Waals surface area contributed by atoms with Crippen LogP contribution in [0.15, 0.2) is 72.8 Å². The second kappa shape index (κ2) is 10.8. The summed E-state index contributed by atoms with van der Waals surface area (Å²) in [6.07, 6.45) is 3.14. The summed E-state index contributed by atoms with van der Waals surface area (Å²) in [5.74, 6) is -0.405. The first-order chi connectivity index (χ1) is 15.7. The predicted molar refractivity (Wildman–Crippen MR) is 133 cm³/mol. The minimum Gasteiger partial charge on any atom is -0.466 e. The zero-order valence-corrected chi connectivity index (χ0v) is 21.2. The van der Waals surface area contributed by atoms with Crippen LogP contribution in [0.2, 0.25) is 5.04 Å². The average molecular weight is 469 g/mol. The number of carbonyl (C=O) groups is 1. The molecular weight excluding hydrogens is 432 g/mol. The van der Waals surface area contributed by atoms with Crippen LogP contribution in [0.25, 0.3) is 0 Å². The highest BCUT2D eigenvalue weighted by Gasteiger charge is 2.51. The summed E-state index contributed by atoms with van der Waals surface area (Å²) >= 11 is 0. The fourth-order valence-electron chi connectivity index (χ4n) is 4.55. The first-order valence-electron chi connectivity index (χ1n) is 11.6. The Kier molecular flexibility index (Phi) is 8.29. The largest absolute Gasteiger partial charge is 0.466 e. The van der Waals surface area contributed by atoms with Gasteiger partial charge in [-0.15, -0.1) is 0 Å². The van der Waals surface area contributed by atoms with Gasteiger partial charge in [-0.3, -0.25) is 0 Å². The van der Waals surface area contributed by atoms with Crippen LogP contribution in [-0.4, -0.2) is 50.9 Å². The molecule has 1 heterocycles. The standard InChI is InChI=1S/C27H36O5Si/c1-20(18-21(28)19-25-24(31-25)16-17-26(29)30-5)32-33(27(2,3)4,22-12-8-6-9-13-22)23-14-10-7-11-15-23/h6-17,20-21,24-25,28H,18-19H2,1-5H3/b17-16+/t20-,21+,24+,25+/m1/s1. The lowest BCUT2D eigenvalue weighted by Crippen LogP contribution is -2.67. The molecule has 0 amide bonds. The monoisotopic (exact) mass is 468 g/mol. The molecule has 6 heteroatoms. The lowest BCUT2D eigenvalue weighted by molar-refractivity contribution is -0.134. The Hall–Kier alpha value is -2.25. The van der Waals surface area contributed by atoms with Crippen molar-refractivity contribution in [2.45, 2.75) is 70.0 Å². The van der Waals surface area contributed by atoms with E-state index in [0.717, 1.165) is 0 Å². The van der Waals surface area contributed by atoms with Crippen molar-refractivity contribution >= 4 is 24.7 Å². The molecule has 1 saturated heterocycles. The first kappa shape index (κ1) is 25.4. The average Bonchev–Trinajstić information content (AvgIpc) is 3.53. The zero-order valence-electron chi connectivity index (χ0n) is 20.2. The van der Waals surface area contributed by atoms with Gasteiger partial charge in [0.25, 0.3) is 8.32 Å². The Morgan fingerprint density at radius 3 is 2.12 bits per heavy atom. The van der Waals surface area contributed by atoms with E-state index < -0.39 is 20.4 Å². The number of esters is 1. The van der Waals surface area contributed by atoms with Crippen LogP contribution in [-0.2, 0) is 18.7 Å². The predicted octanol–water partition coefficient (Wildman–Crippen LogP) is 3.59. The van der Waals surface area contributed by atoms with Gasteiger partial charge >= 0.3 is 5.97 Å². The van der Waals surface area contributed by atoms with Crippen molar-refractivity contribution < 1.29 is 23.8 Å². The van der Waals surface area contributed by atoms with Gasteiger partial charge in [0.15, 0.2) is 0 Å². The fraction of sp³-hybridized carbons (Fsp3) is 0.444. The molecule has 33 heavy (non-hydrogen) atoms. The van der Waals surface area contributed by atoms with Gasteiger partial charge in [-0.2, -0.15) is 0 Å². The maximum Gasteiger partial charge on any atom is 0.330 e. The quantitative estimate of drug-likeness (QED) is 0.250. The number of aliphatic hydroxyl groups excluding tert-OH is 1. The number of epoxide rings is 1. The molecule has 0 bridgehead atoms. The second-order valence-corrected chi connectivity index (χ2v) is 14.0. The SMILES string of the molecule is COC(=O)/C=C/[C@@H]1O[C@H]1C[C@@H](O)C[C@@H](C)O[Si](c1ccccc1)(c1ccccc1)C(C)(C)C. The lowest BCUT2D eigenvalue weighted by Gasteiger charge is -2.45. The van der Waals surface area contributed by atoms with Gasteiger partial charge in [0, 0.05) is 18.6 Å². The van der Waals surface area contributed by atoms with E-state index in [1.165, 1.54) is 23.6 Å². The topological polar surface area (TPSA) is 68.3 Å². The first-order valence-corrected chi connectivity index (χ1v) is 13.5. The second-order valence-electron chi connectivity index (χ2n) is 9.74. The smallest absolute Gasteiger partial charge is 0.330 e. The van der Waals surface area contributed by atoms with Crippen molar-refractivity contribution in [2.24, 2.45) is 0 Å². The van der Waals surface area contributed by atoms with Crippen molar-refractivity contribution in [3.05, 3.63) is 72.8 Å². The number of hydrogen-bond acceptors (Lipinski definition) is 5. The Morgan fingerprint density at radius 2 is 1.64 bits per heavy atom. The summed E-state index contributed by atoms with van der Waals surface area (Å²) in [6, 6.07) is 21.0. The molecule has 0 aliphatic carbocycles. The Balaban J connectivity index is 1.74. The summed E-state index contributed by atoms with van der Waals surface area (Å²) in [5.41, 5.74) is 0. The number of rotatable bonds is 10. The Morgan fingerprint density at radius 1 is 1.09 bits per heavy atom. The molecule has 0 saturated carbocycles. The molecule has 1 N–H and O–H groups in total. The van der Waals surface area contributed by atoms with E-state index in [0.29, 0.717) is 12.8 Å². The number of benzene rings is 2. The molecule has 3 rings (SSSR count). The summed E-state index contributed by atoms with van der Waals surface area (Å²) < 4.78 is 17.2. The summed E-state index contributed by atoms with van der Waals surface area (Å²) in [6.45, 7) is 8.79. The number of carbonyl (C=O) groups excluding carboxylic acids is 1. The molecule has 1 fully saturated rings. The van der Waals surface area contributed by atoms with E-state index in [1.807, 2.05) is 19.1 Å². The normalized spacial score (nSPS) is 20.4. The molecule has 2 aromatic rings. The number of methoxy groups -OCH3 is 1. The maximum atomic E-state index is 11.2. The van der Waals surface area contributed by atoms with Crippen molar-refractivity contribution in [1.82, 2.24) is 0 Å². The molecule has 1 aliphatic rings. The van der Waals surface area contributed by atoms with Crippen LogP contribution in [0, 0.1) is 0 Å². The van der Waals surface area contributed by atoms with Crippen molar-refractivity contribution in [3.63, 3.8) is 0 Å². The van der Waals surface area contributed by atoms with Crippen LogP contribution in [0.4, 0.5) is 0 Å². The highest BCUT2D eigenvalue weighted by atomic mass is 28.4. The molecular formula is C27H36O5Si. The molecule has 0 unspecified atom stereocenters. The van der Waals surface area contributed by atoms with Crippen LogP contribution >= 0.6 is 0 Å². The van der Waals surface area contributed by atoms with Gasteiger partial charge in [0.1, 0.15) is 6.10 Å². The third kappa shape index (κ3) is 6.21. The molecule has 0 aromatic heterocycles. The molecule has 0 spiro atoms. The molecule has 1 aliphatic heterocycles. The fourth-order valence-corrected chi connectivity index (χ4v) is 9.26. The number of hydrogen-bond donors (Lipinski definition) is 1. The number of aliphatic hydroxyl groups is 1. The van der Waals surface area contributed by atoms with Gasteiger partial charge in [-0.05, 0) is 34.8 Å². The third-order valence-electron chi connectivity index (χ3n) is 6.15. The van der Waals surface area contributed by atoms with E-state index in [2.05, 4.69) is 74.0 Å². The minimum absolute atomic E-state index is 0.0824. The van der Waals surface area contributed by atoms with E-state index in [-0.39, 0.29) is 23.4 Å². The van der Waals surface area contributed by atoms with Crippen molar-refractivity contribution in [1.29, 1.82) is 0 Å². The van der Waals surface area contributed by atoms with Crippen LogP contribution in [0.5, 0.6) is 0 Å². The Bertz CT molecular complexity index is 883. The molecule has 2 aromatic carbocycles. The van der Waals surface area contributed by atoms with E-state index in [9.17, 15) is 9.90 Å². The van der Waals surface area contributed by atoms with Gasteiger partial charge in [-0.1, -0.05) is 81.4 Å². The van der Waals surface area contributed by atoms with Crippen molar-refractivity contribution in [3.8, 4) is 0 Å². The highest BCUT2D eigenvalue weighted by Crippen LogP contribution is 2.38. The van der Waals surface area contributed by atoms with E-state index >= 15 is 0 Å². The van der Waals surface area contributed by atoms with Crippen LogP contribution < -0.4 is 10.4 Å². The number of ether oxygens (including phenoxy) is 2. The van der Waals surface area contributed by atoms with E-state index in [4.69, 9.17) is 9.16 Å². The summed E-state index contributed by atoms with van der Waals surface area (Å²) in [7, 11) is -1.31. The van der Waals surface area contributed by atoms with Gasteiger partial charge < -0.3 is 19.0 Å². The summed E-state index contributed by atoms with van der Waals surface area (Å²) in [5, 5.41) is 13.1.